The number of anilines is 1. The molecule has 0 spiro atoms. The molecular weight excluding hydrogens is 282 g/mol. The lowest BCUT2D eigenvalue weighted by atomic mass is 10.1. The third kappa shape index (κ3) is 3.89. The smallest absolute Gasteiger partial charge is 0.224 e. The second kappa shape index (κ2) is 7.13. The molecule has 0 bridgehead atoms. The largest absolute Gasteiger partial charge is 0.495 e. The van der Waals surface area contributed by atoms with Gasteiger partial charge in [0, 0.05) is 12.0 Å². The van der Waals surface area contributed by atoms with Crippen LogP contribution in [0.2, 0.25) is 0 Å². The van der Waals surface area contributed by atoms with E-state index >= 15 is 0 Å². The summed E-state index contributed by atoms with van der Waals surface area (Å²) in [6, 6.07) is 8.93. The van der Waals surface area contributed by atoms with Gasteiger partial charge in [-0.3, -0.25) is 4.79 Å². The maximum atomic E-state index is 12.0. The number of aliphatic hydroxyl groups excluding tert-OH is 1. The Morgan fingerprint density at radius 3 is 2.68 bits per heavy atom. The molecule has 2 aromatic rings. The Labute approximate surface area is 129 Å². The van der Waals surface area contributed by atoms with E-state index in [0.29, 0.717) is 29.4 Å². The molecule has 0 atom stereocenters. The zero-order valence-corrected chi connectivity index (χ0v) is 13.1. The van der Waals surface area contributed by atoms with Crippen LogP contribution in [0.25, 0.3) is 11.3 Å². The highest BCUT2D eigenvalue weighted by molar-refractivity contribution is 5.93. The second-order valence-electron chi connectivity index (χ2n) is 5.49. The number of furan rings is 1. The molecule has 0 radical (unpaired) electrons. The van der Waals surface area contributed by atoms with Gasteiger partial charge in [-0.1, -0.05) is 13.8 Å². The van der Waals surface area contributed by atoms with Crippen LogP contribution in [0.4, 0.5) is 5.69 Å². The highest BCUT2D eigenvalue weighted by Crippen LogP contribution is 2.31. The van der Waals surface area contributed by atoms with Gasteiger partial charge in [0.15, 0.2) is 0 Å². The first-order valence-electron chi connectivity index (χ1n) is 7.21. The molecule has 5 heteroatoms. The number of carbonyl (C=O) groups is 1. The summed E-state index contributed by atoms with van der Waals surface area (Å²) in [5, 5.41) is 11.9. The Kier molecular flexibility index (Phi) is 5.22. The number of benzene rings is 1. The number of carbonyl (C=O) groups excluding carboxylic acids is 1. The van der Waals surface area contributed by atoms with Gasteiger partial charge in [0.25, 0.3) is 0 Å². The van der Waals surface area contributed by atoms with E-state index in [0.717, 1.165) is 5.56 Å². The van der Waals surface area contributed by atoms with Crippen LogP contribution in [0.3, 0.4) is 0 Å². The van der Waals surface area contributed by atoms with E-state index in [9.17, 15) is 4.79 Å². The van der Waals surface area contributed by atoms with Crippen molar-refractivity contribution in [3.8, 4) is 17.1 Å². The van der Waals surface area contributed by atoms with Crippen molar-refractivity contribution in [2.24, 2.45) is 5.92 Å². The highest BCUT2D eigenvalue weighted by Gasteiger charge is 2.12. The third-order valence-corrected chi connectivity index (χ3v) is 3.17. The van der Waals surface area contributed by atoms with E-state index in [1.54, 1.807) is 31.4 Å². The fraction of sp³-hybridized carbons (Fsp3) is 0.353. The van der Waals surface area contributed by atoms with Crippen molar-refractivity contribution in [2.75, 3.05) is 12.4 Å². The van der Waals surface area contributed by atoms with Gasteiger partial charge in [-0.05, 0) is 36.2 Å². The van der Waals surface area contributed by atoms with Gasteiger partial charge >= 0.3 is 0 Å². The van der Waals surface area contributed by atoms with Crippen LogP contribution < -0.4 is 10.1 Å². The van der Waals surface area contributed by atoms with E-state index in [1.165, 1.54) is 0 Å². The van der Waals surface area contributed by atoms with E-state index in [1.807, 2.05) is 19.9 Å². The van der Waals surface area contributed by atoms with Gasteiger partial charge in [0.1, 0.15) is 23.9 Å². The topological polar surface area (TPSA) is 71.7 Å². The molecule has 2 N–H and O–H groups in total. The number of rotatable bonds is 6. The molecule has 0 aliphatic carbocycles. The first-order valence-corrected chi connectivity index (χ1v) is 7.21. The zero-order chi connectivity index (χ0) is 16.1. The molecule has 1 aromatic carbocycles. The Hall–Kier alpha value is -2.27. The van der Waals surface area contributed by atoms with Gasteiger partial charge in [0.05, 0.1) is 12.8 Å². The van der Waals surface area contributed by atoms with Crippen molar-refractivity contribution in [3.05, 3.63) is 36.1 Å². The monoisotopic (exact) mass is 303 g/mol. The summed E-state index contributed by atoms with van der Waals surface area (Å²) in [6.07, 6.45) is 0.447. The van der Waals surface area contributed by atoms with Crippen molar-refractivity contribution < 1.29 is 19.1 Å². The van der Waals surface area contributed by atoms with E-state index in [-0.39, 0.29) is 18.4 Å². The van der Waals surface area contributed by atoms with Gasteiger partial charge in [-0.2, -0.15) is 0 Å². The van der Waals surface area contributed by atoms with Crippen LogP contribution in [0.15, 0.2) is 34.7 Å². The molecule has 1 heterocycles. The van der Waals surface area contributed by atoms with Crippen LogP contribution in [-0.4, -0.2) is 18.1 Å². The highest BCUT2D eigenvalue weighted by atomic mass is 16.5. The number of nitrogens with one attached hydrogen (secondary N) is 1. The summed E-state index contributed by atoms with van der Waals surface area (Å²) in [6.45, 7) is 3.84. The van der Waals surface area contributed by atoms with Gasteiger partial charge in [0.2, 0.25) is 5.91 Å². The third-order valence-electron chi connectivity index (χ3n) is 3.17. The maximum Gasteiger partial charge on any atom is 0.224 e. The summed E-state index contributed by atoms with van der Waals surface area (Å²) in [7, 11) is 1.56. The molecule has 0 fully saturated rings. The van der Waals surface area contributed by atoms with Crippen molar-refractivity contribution in [1.82, 2.24) is 0 Å². The summed E-state index contributed by atoms with van der Waals surface area (Å²) < 4.78 is 10.8. The van der Waals surface area contributed by atoms with Gasteiger partial charge < -0.3 is 19.6 Å². The Bertz CT molecular complexity index is 646. The molecule has 118 valence electrons. The Morgan fingerprint density at radius 1 is 1.32 bits per heavy atom. The Balaban J connectivity index is 2.27. The predicted octanol–water partition coefficient (Wildman–Crippen LogP) is 3.43. The summed E-state index contributed by atoms with van der Waals surface area (Å²) in [5.74, 6) is 1.95. The van der Waals surface area contributed by atoms with E-state index in [2.05, 4.69) is 5.32 Å². The SMILES string of the molecule is COc1ccc(-c2ccc(CO)o2)cc1NC(=O)CC(C)C. The number of hydrogen-bond acceptors (Lipinski definition) is 4. The standard InChI is InChI=1S/C17H21NO4/c1-11(2)8-17(20)18-14-9-12(4-6-16(14)21-3)15-7-5-13(10-19)22-15/h4-7,9,11,19H,8,10H2,1-3H3,(H,18,20). The molecule has 22 heavy (non-hydrogen) atoms. The summed E-state index contributed by atoms with van der Waals surface area (Å²) in [4.78, 5) is 12.0. The molecular formula is C17H21NO4. The number of methoxy groups -OCH3 is 1. The first kappa shape index (κ1) is 16.1. The Morgan fingerprint density at radius 2 is 2.09 bits per heavy atom. The van der Waals surface area contributed by atoms with Crippen LogP contribution in [-0.2, 0) is 11.4 Å². The van der Waals surface area contributed by atoms with Gasteiger partial charge in [-0.15, -0.1) is 0 Å². The fourth-order valence-electron chi connectivity index (χ4n) is 2.15. The van der Waals surface area contributed by atoms with Crippen molar-refractivity contribution in [3.63, 3.8) is 0 Å². The summed E-state index contributed by atoms with van der Waals surface area (Å²) >= 11 is 0. The van der Waals surface area contributed by atoms with Crippen LogP contribution in [0, 0.1) is 5.92 Å². The molecule has 0 aliphatic rings. The van der Waals surface area contributed by atoms with E-state index < -0.39 is 0 Å². The lowest BCUT2D eigenvalue weighted by molar-refractivity contribution is -0.116. The molecule has 0 saturated carbocycles. The minimum Gasteiger partial charge on any atom is -0.495 e. The first-order chi connectivity index (χ1) is 10.5. The lowest BCUT2D eigenvalue weighted by Crippen LogP contribution is -2.14. The fourth-order valence-corrected chi connectivity index (χ4v) is 2.15. The molecule has 0 saturated heterocycles. The minimum atomic E-state index is -0.145. The quantitative estimate of drug-likeness (QED) is 0.857. The average Bonchev–Trinajstić information content (AvgIpc) is 2.95. The number of amides is 1. The zero-order valence-electron chi connectivity index (χ0n) is 13.1. The second-order valence-corrected chi connectivity index (χ2v) is 5.49. The van der Waals surface area contributed by atoms with Crippen molar-refractivity contribution >= 4 is 11.6 Å². The normalized spacial score (nSPS) is 10.8. The lowest BCUT2D eigenvalue weighted by Gasteiger charge is -2.12. The molecule has 2 rings (SSSR count). The predicted molar refractivity (Wildman–Crippen MR) is 84.7 cm³/mol. The number of ether oxygens (including phenoxy) is 1. The molecule has 0 unspecified atom stereocenters. The molecule has 1 amide bonds. The van der Waals surface area contributed by atoms with Crippen LogP contribution in [0.5, 0.6) is 5.75 Å². The van der Waals surface area contributed by atoms with Crippen LogP contribution >= 0.6 is 0 Å². The van der Waals surface area contributed by atoms with E-state index in [4.69, 9.17) is 14.3 Å². The molecule has 0 aliphatic heterocycles. The van der Waals surface area contributed by atoms with Gasteiger partial charge in [-0.25, -0.2) is 0 Å². The average molecular weight is 303 g/mol. The number of aliphatic hydroxyl groups is 1. The molecule has 5 nitrogen and oxygen atoms in total. The minimum absolute atomic E-state index is 0.0547. The van der Waals surface area contributed by atoms with Crippen molar-refractivity contribution in [2.45, 2.75) is 26.9 Å². The maximum absolute atomic E-state index is 12.0. The van der Waals surface area contributed by atoms with Crippen LogP contribution in [0.1, 0.15) is 26.0 Å². The summed E-state index contributed by atoms with van der Waals surface area (Å²) in [5.41, 5.74) is 1.41. The molecule has 1 aromatic heterocycles. The number of hydrogen-bond donors (Lipinski definition) is 2. The van der Waals surface area contributed by atoms with Crippen molar-refractivity contribution in [1.29, 1.82) is 0 Å².